The molecule has 2 aromatic rings. The molecule has 0 amide bonds. The van der Waals surface area contributed by atoms with E-state index in [4.69, 9.17) is 4.74 Å². The molecule has 170 valence electrons. The lowest BCUT2D eigenvalue weighted by Crippen LogP contribution is -2.37. The molecule has 6 nitrogen and oxygen atoms in total. The number of rotatable bonds is 10. The maximum Gasteiger partial charge on any atom is 0.191 e. The van der Waals surface area contributed by atoms with Crippen LogP contribution in [0.25, 0.3) is 0 Å². The zero-order chi connectivity index (χ0) is 22.9. The number of sulfone groups is 1. The first-order valence-corrected chi connectivity index (χ1v) is 12.8. The van der Waals surface area contributed by atoms with Crippen LogP contribution in [0.5, 0.6) is 5.75 Å². The van der Waals surface area contributed by atoms with E-state index in [0.29, 0.717) is 13.1 Å². The molecule has 0 heterocycles. The highest BCUT2D eigenvalue weighted by atomic mass is 32.2. The lowest BCUT2D eigenvalue weighted by molar-refractivity contribution is 0.215. The van der Waals surface area contributed by atoms with Crippen molar-refractivity contribution < 1.29 is 13.2 Å². The van der Waals surface area contributed by atoms with Crippen molar-refractivity contribution in [2.75, 3.05) is 12.8 Å². The number of guanidine groups is 1. The normalized spacial score (nSPS) is 13.0. The van der Waals surface area contributed by atoms with E-state index in [2.05, 4.69) is 54.6 Å². The summed E-state index contributed by atoms with van der Waals surface area (Å²) in [7, 11) is -3.03. The summed E-state index contributed by atoms with van der Waals surface area (Å²) in [5.74, 6) is 1.68. The number of aliphatic imine (C=N–C) groups is 1. The SMILES string of the molecule is CCNC(=NCc1ccc(CS(C)(=O)=O)cc1)NCc1ccc(C)cc1OC(C)CC. The number of nitrogens with zero attached hydrogens (tertiary/aromatic N) is 1. The first kappa shape index (κ1) is 24.7. The van der Waals surface area contributed by atoms with Gasteiger partial charge in [0, 0.05) is 24.9 Å². The summed E-state index contributed by atoms with van der Waals surface area (Å²) in [6.07, 6.45) is 2.36. The Kier molecular flexibility index (Phi) is 9.37. The first-order valence-electron chi connectivity index (χ1n) is 10.7. The third-order valence-corrected chi connectivity index (χ3v) is 5.65. The van der Waals surface area contributed by atoms with Crippen LogP contribution in [0.4, 0.5) is 0 Å². The number of hydrogen-bond acceptors (Lipinski definition) is 4. The van der Waals surface area contributed by atoms with E-state index in [1.54, 1.807) is 0 Å². The largest absolute Gasteiger partial charge is 0.490 e. The third kappa shape index (κ3) is 9.00. The molecule has 2 aromatic carbocycles. The Morgan fingerprint density at radius 2 is 1.74 bits per heavy atom. The summed E-state index contributed by atoms with van der Waals surface area (Å²) >= 11 is 0. The van der Waals surface area contributed by atoms with Gasteiger partial charge in [-0.05, 0) is 49.9 Å². The average Bonchev–Trinajstić information content (AvgIpc) is 2.71. The van der Waals surface area contributed by atoms with Crippen LogP contribution in [0.3, 0.4) is 0 Å². The molecule has 2 N–H and O–H groups in total. The van der Waals surface area contributed by atoms with Gasteiger partial charge in [0.05, 0.1) is 18.4 Å². The number of benzene rings is 2. The monoisotopic (exact) mass is 445 g/mol. The summed E-state index contributed by atoms with van der Waals surface area (Å²) in [5, 5.41) is 6.65. The van der Waals surface area contributed by atoms with Crippen molar-refractivity contribution in [2.24, 2.45) is 4.99 Å². The van der Waals surface area contributed by atoms with Crippen LogP contribution in [0, 0.1) is 6.92 Å². The summed E-state index contributed by atoms with van der Waals surface area (Å²) in [4.78, 5) is 4.66. The molecule has 31 heavy (non-hydrogen) atoms. The maximum absolute atomic E-state index is 11.4. The number of nitrogens with one attached hydrogen (secondary N) is 2. The van der Waals surface area contributed by atoms with Gasteiger partial charge in [-0.3, -0.25) is 0 Å². The van der Waals surface area contributed by atoms with E-state index in [0.717, 1.165) is 41.4 Å². The molecule has 0 radical (unpaired) electrons. The van der Waals surface area contributed by atoms with Gasteiger partial charge in [0.1, 0.15) is 5.75 Å². The Hall–Kier alpha value is -2.54. The van der Waals surface area contributed by atoms with Gasteiger partial charge in [-0.2, -0.15) is 0 Å². The first-order chi connectivity index (χ1) is 14.7. The fraction of sp³-hybridized carbons (Fsp3) is 0.458. The predicted molar refractivity (Wildman–Crippen MR) is 128 cm³/mol. The highest BCUT2D eigenvalue weighted by Crippen LogP contribution is 2.22. The fourth-order valence-electron chi connectivity index (χ4n) is 2.95. The van der Waals surface area contributed by atoms with Crippen molar-refractivity contribution in [2.45, 2.75) is 59.1 Å². The van der Waals surface area contributed by atoms with Gasteiger partial charge in [-0.1, -0.05) is 43.3 Å². The van der Waals surface area contributed by atoms with E-state index >= 15 is 0 Å². The zero-order valence-corrected chi connectivity index (χ0v) is 20.1. The molecule has 0 aliphatic carbocycles. The Balaban J connectivity index is 2.05. The molecule has 0 aliphatic heterocycles. The van der Waals surface area contributed by atoms with Gasteiger partial charge in [0.25, 0.3) is 0 Å². The average molecular weight is 446 g/mol. The van der Waals surface area contributed by atoms with Crippen molar-refractivity contribution in [3.05, 3.63) is 64.7 Å². The highest BCUT2D eigenvalue weighted by Gasteiger charge is 2.09. The second-order valence-electron chi connectivity index (χ2n) is 7.88. The van der Waals surface area contributed by atoms with Crippen LogP contribution < -0.4 is 15.4 Å². The minimum absolute atomic E-state index is 0.0539. The van der Waals surface area contributed by atoms with Gasteiger partial charge in [0.15, 0.2) is 15.8 Å². The van der Waals surface area contributed by atoms with Crippen LogP contribution >= 0.6 is 0 Å². The lowest BCUT2D eigenvalue weighted by atomic mass is 10.1. The second kappa shape index (κ2) is 11.7. The topological polar surface area (TPSA) is 79.8 Å². The van der Waals surface area contributed by atoms with E-state index < -0.39 is 9.84 Å². The van der Waals surface area contributed by atoms with Gasteiger partial charge in [0.2, 0.25) is 0 Å². The van der Waals surface area contributed by atoms with Crippen LogP contribution in [0.2, 0.25) is 0 Å². The molecule has 0 saturated heterocycles. The van der Waals surface area contributed by atoms with E-state index in [-0.39, 0.29) is 11.9 Å². The van der Waals surface area contributed by atoms with Gasteiger partial charge in [-0.15, -0.1) is 0 Å². The Bertz CT molecular complexity index is 970. The van der Waals surface area contributed by atoms with Crippen molar-refractivity contribution >= 4 is 15.8 Å². The van der Waals surface area contributed by atoms with Crippen molar-refractivity contribution in [3.8, 4) is 5.75 Å². The summed E-state index contributed by atoms with van der Waals surface area (Å²) in [6, 6.07) is 13.8. The van der Waals surface area contributed by atoms with Gasteiger partial charge in [-0.25, -0.2) is 13.4 Å². The molecule has 1 atom stereocenters. The molecular weight excluding hydrogens is 410 g/mol. The predicted octanol–water partition coefficient (Wildman–Crippen LogP) is 3.97. The minimum Gasteiger partial charge on any atom is -0.490 e. The number of ether oxygens (including phenoxy) is 1. The molecule has 0 bridgehead atoms. The molecule has 0 fully saturated rings. The van der Waals surface area contributed by atoms with Crippen LogP contribution in [-0.4, -0.2) is 33.3 Å². The molecule has 2 rings (SSSR count). The quantitative estimate of drug-likeness (QED) is 0.427. The molecule has 0 aliphatic rings. The maximum atomic E-state index is 11.4. The van der Waals surface area contributed by atoms with E-state index in [9.17, 15) is 8.42 Å². The Morgan fingerprint density at radius 1 is 1.06 bits per heavy atom. The molecule has 0 spiro atoms. The summed E-state index contributed by atoms with van der Waals surface area (Å²) < 4.78 is 29.0. The summed E-state index contributed by atoms with van der Waals surface area (Å²) in [5.41, 5.74) is 4.06. The number of hydrogen-bond donors (Lipinski definition) is 2. The molecule has 1 unspecified atom stereocenters. The zero-order valence-electron chi connectivity index (χ0n) is 19.2. The van der Waals surface area contributed by atoms with Crippen molar-refractivity contribution in [1.82, 2.24) is 10.6 Å². The Labute approximate surface area is 187 Å². The molecule has 7 heteroatoms. The fourth-order valence-corrected chi connectivity index (χ4v) is 3.75. The van der Waals surface area contributed by atoms with Crippen molar-refractivity contribution in [1.29, 1.82) is 0 Å². The van der Waals surface area contributed by atoms with Gasteiger partial charge < -0.3 is 15.4 Å². The lowest BCUT2D eigenvalue weighted by Gasteiger charge is -2.18. The molecule has 0 saturated carbocycles. The van der Waals surface area contributed by atoms with Crippen molar-refractivity contribution in [3.63, 3.8) is 0 Å². The van der Waals surface area contributed by atoms with E-state index in [1.165, 1.54) is 11.8 Å². The number of aryl methyl sites for hydroxylation is 1. The van der Waals surface area contributed by atoms with Crippen LogP contribution in [0.15, 0.2) is 47.5 Å². The summed E-state index contributed by atoms with van der Waals surface area (Å²) in [6.45, 7) is 10.1. The van der Waals surface area contributed by atoms with E-state index in [1.807, 2.05) is 31.2 Å². The Morgan fingerprint density at radius 3 is 2.35 bits per heavy atom. The third-order valence-electron chi connectivity index (χ3n) is 4.79. The second-order valence-corrected chi connectivity index (χ2v) is 10.0. The highest BCUT2D eigenvalue weighted by molar-refractivity contribution is 7.89. The van der Waals surface area contributed by atoms with Crippen LogP contribution in [-0.2, 0) is 28.7 Å². The molecule has 0 aromatic heterocycles. The minimum atomic E-state index is -3.03. The van der Waals surface area contributed by atoms with Gasteiger partial charge >= 0.3 is 0 Å². The smallest absolute Gasteiger partial charge is 0.191 e. The standard InChI is InChI=1S/C24H35N3O3S/c1-6-19(4)30-23-14-18(3)8-13-22(23)16-27-24(25-7-2)26-15-20-9-11-21(12-10-20)17-31(5,28)29/h8-14,19H,6-7,15-17H2,1-5H3,(H2,25,26,27). The molecular formula is C24H35N3O3S. The van der Waals surface area contributed by atoms with Crippen LogP contribution in [0.1, 0.15) is 49.4 Å².